The first kappa shape index (κ1) is 14.5. The average Bonchev–Trinajstić information content (AvgIpc) is 2.58. The van der Waals surface area contributed by atoms with Crippen molar-refractivity contribution in [3.8, 4) is 0 Å². The standard InChI is InChI=1S/C16H25NO2/c1-16(19)9-5-11-17(13-10-16)12-8-15(18)14-6-3-2-4-7-14/h2-4,6-7,15,18-19H,5,8-13H2,1H3. The second-order valence-corrected chi connectivity index (χ2v) is 5.91. The number of benzene rings is 1. The molecule has 1 heterocycles. The molecule has 0 amide bonds. The molecule has 1 aromatic carbocycles. The molecule has 0 bridgehead atoms. The molecule has 19 heavy (non-hydrogen) atoms. The maximum atomic E-state index is 10.1. The van der Waals surface area contributed by atoms with E-state index in [1.54, 1.807) is 0 Å². The van der Waals surface area contributed by atoms with Gasteiger partial charge in [0.1, 0.15) is 0 Å². The van der Waals surface area contributed by atoms with Gasteiger partial charge in [0.05, 0.1) is 11.7 Å². The first-order valence-corrected chi connectivity index (χ1v) is 7.25. The molecule has 1 aromatic rings. The van der Waals surface area contributed by atoms with Crippen LogP contribution in [0, 0.1) is 0 Å². The molecule has 2 atom stereocenters. The van der Waals surface area contributed by atoms with Gasteiger partial charge in [-0.25, -0.2) is 0 Å². The van der Waals surface area contributed by atoms with Crippen LogP contribution in [0.5, 0.6) is 0 Å². The summed E-state index contributed by atoms with van der Waals surface area (Å²) in [5.74, 6) is 0. The van der Waals surface area contributed by atoms with E-state index in [2.05, 4.69) is 4.90 Å². The minimum atomic E-state index is -0.507. The predicted octanol–water partition coefficient (Wildman–Crippen LogP) is 2.35. The van der Waals surface area contributed by atoms with E-state index < -0.39 is 5.60 Å². The van der Waals surface area contributed by atoms with Crippen molar-refractivity contribution < 1.29 is 10.2 Å². The number of nitrogens with zero attached hydrogens (tertiary/aromatic N) is 1. The Kier molecular flexibility index (Phi) is 4.97. The molecular weight excluding hydrogens is 238 g/mol. The van der Waals surface area contributed by atoms with Gasteiger partial charge in [-0.15, -0.1) is 0 Å². The Balaban J connectivity index is 1.79. The fourth-order valence-corrected chi connectivity index (χ4v) is 2.69. The summed E-state index contributed by atoms with van der Waals surface area (Å²) >= 11 is 0. The quantitative estimate of drug-likeness (QED) is 0.876. The van der Waals surface area contributed by atoms with E-state index in [9.17, 15) is 10.2 Å². The Labute approximate surface area is 115 Å². The normalized spacial score (nSPS) is 26.9. The van der Waals surface area contributed by atoms with Crippen LogP contribution in [0.2, 0.25) is 0 Å². The molecule has 3 nitrogen and oxygen atoms in total. The Morgan fingerprint density at radius 3 is 2.68 bits per heavy atom. The molecule has 0 aromatic heterocycles. The molecule has 0 saturated carbocycles. The van der Waals surface area contributed by atoms with Gasteiger partial charge in [-0.1, -0.05) is 30.3 Å². The first-order chi connectivity index (χ1) is 9.07. The fourth-order valence-electron chi connectivity index (χ4n) is 2.69. The van der Waals surface area contributed by atoms with Crippen molar-refractivity contribution >= 4 is 0 Å². The molecule has 3 heteroatoms. The van der Waals surface area contributed by atoms with Crippen LogP contribution in [0.25, 0.3) is 0 Å². The van der Waals surface area contributed by atoms with Gasteiger partial charge in [0.25, 0.3) is 0 Å². The highest BCUT2D eigenvalue weighted by Gasteiger charge is 2.24. The molecule has 2 unspecified atom stereocenters. The van der Waals surface area contributed by atoms with E-state index in [0.717, 1.165) is 50.9 Å². The zero-order valence-electron chi connectivity index (χ0n) is 11.8. The zero-order chi connectivity index (χ0) is 13.7. The number of hydrogen-bond acceptors (Lipinski definition) is 3. The van der Waals surface area contributed by atoms with E-state index in [1.165, 1.54) is 0 Å². The molecule has 106 valence electrons. The third-order valence-corrected chi connectivity index (χ3v) is 4.06. The van der Waals surface area contributed by atoms with E-state index in [-0.39, 0.29) is 6.10 Å². The van der Waals surface area contributed by atoms with Gasteiger partial charge in [0.2, 0.25) is 0 Å². The fraction of sp³-hybridized carbons (Fsp3) is 0.625. The van der Waals surface area contributed by atoms with Crippen molar-refractivity contribution in [1.29, 1.82) is 0 Å². The van der Waals surface area contributed by atoms with Crippen LogP contribution in [0.4, 0.5) is 0 Å². The number of rotatable bonds is 4. The summed E-state index contributed by atoms with van der Waals surface area (Å²) in [6, 6.07) is 9.83. The van der Waals surface area contributed by atoms with Gasteiger partial charge in [-0.05, 0) is 44.7 Å². The minimum Gasteiger partial charge on any atom is -0.390 e. The van der Waals surface area contributed by atoms with E-state index >= 15 is 0 Å². The summed E-state index contributed by atoms with van der Waals surface area (Å²) in [5.41, 5.74) is 0.483. The van der Waals surface area contributed by atoms with Crippen molar-refractivity contribution in [2.75, 3.05) is 19.6 Å². The maximum absolute atomic E-state index is 10.1. The predicted molar refractivity (Wildman–Crippen MR) is 76.9 cm³/mol. The Hall–Kier alpha value is -0.900. The monoisotopic (exact) mass is 263 g/mol. The van der Waals surface area contributed by atoms with Crippen LogP contribution in [-0.2, 0) is 0 Å². The van der Waals surface area contributed by atoms with Crippen LogP contribution >= 0.6 is 0 Å². The molecule has 1 saturated heterocycles. The number of aliphatic hydroxyl groups excluding tert-OH is 1. The summed E-state index contributed by atoms with van der Waals surface area (Å²) in [6.45, 7) is 4.77. The lowest BCUT2D eigenvalue weighted by Crippen LogP contribution is -2.29. The highest BCUT2D eigenvalue weighted by atomic mass is 16.3. The molecule has 1 aliphatic heterocycles. The average molecular weight is 263 g/mol. The largest absolute Gasteiger partial charge is 0.390 e. The lowest BCUT2D eigenvalue weighted by molar-refractivity contribution is 0.0441. The summed E-state index contributed by atoms with van der Waals surface area (Å²) < 4.78 is 0. The van der Waals surface area contributed by atoms with Crippen LogP contribution in [0.15, 0.2) is 30.3 Å². The van der Waals surface area contributed by atoms with Gasteiger partial charge in [-0.2, -0.15) is 0 Å². The highest BCUT2D eigenvalue weighted by molar-refractivity contribution is 5.17. The van der Waals surface area contributed by atoms with Crippen LogP contribution in [0.1, 0.15) is 44.3 Å². The van der Waals surface area contributed by atoms with Crippen molar-refractivity contribution in [2.45, 2.75) is 44.3 Å². The summed E-state index contributed by atoms with van der Waals surface area (Å²) in [5, 5.41) is 20.2. The molecule has 0 radical (unpaired) electrons. The minimum absolute atomic E-state index is 0.384. The van der Waals surface area contributed by atoms with Gasteiger partial charge in [0.15, 0.2) is 0 Å². The molecule has 0 aliphatic carbocycles. The smallest absolute Gasteiger partial charge is 0.0802 e. The van der Waals surface area contributed by atoms with Crippen LogP contribution in [0.3, 0.4) is 0 Å². The van der Waals surface area contributed by atoms with Crippen molar-refractivity contribution in [3.63, 3.8) is 0 Å². The molecule has 0 spiro atoms. The first-order valence-electron chi connectivity index (χ1n) is 7.25. The van der Waals surface area contributed by atoms with Crippen molar-refractivity contribution in [1.82, 2.24) is 4.90 Å². The summed E-state index contributed by atoms with van der Waals surface area (Å²) in [7, 11) is 0. The molecule has 1 fully saturated rings. The SMILES string of the molecule is CC1(O)CCCN(CCC(O)c2ccccc2)CC1. The Bertz CT molecular complexity index is 378. The van der Waals surface area contributed by atoms with Crippen molar-refractivity contribution in [3.05, 3.63) is 35.9 Å². The van der Waals surface area contributed by atoms with E-state index in [4.69, 9.17) is 0 Å². The Morgan fingerprint density at radius 1 is 1.21 bits per heavy atom. The second-order valence-electron chi connectivity index (χ2n) is 5.91. The van der Waals surface area contributed by atoms with Gasteiger partial charge in [-0.3, -0.25) is 0 Å². The molecule has 2 N–H and O–H groups in total. The molecule has 2 rings (SSSR count). The summed E-state index contributed by atoms with van der Waals surface area (Å²) in [6.07, 6.45) is 3.12. The summed E-state index contributed by atoms with van der Waals surface area (Å²) in [4.78, 5) is 2.35. The van der Waals surface area contributed by atoms with Crippen LogP contribution in [-0.4, -0.2) is 40.3 Å². The van der Waals surface area contributed by atoms with Gasteiger partial charge >= 0.3 is 0 Å². The van der Waals surface area contributed by atoms with Gasteiger partial charge in [0, 0.05) is 13.1 Å². The zero-order valence-corrected chi connectivity index (χ0v) is 11.8. The van der Waals surface area contributed by atoms with Crippen LogP contribution < -0.4 is 0 Å². The van der Waals surface area contributed by atoms with Crippen molar-refractivity contribution in [2.24, 2.45) is 0 Å². The maximum Gasteiger partial charge on any atom is 0.0802 e. The second kappa shape index (κ2) is 6.51. The molecule has 1 aliphatic rings. The lowest BCUT2D eigenvalue weighted by Gasteiger charge is -2.23. The highest BCUT2D eigenvalue weighted by Crippen LogP contribution is 2.22. The topological polar surface area (TPSA) is 43.7 Å². The van der Waals surface area contributed by atoms with E-state index in [0.29, 0.717) is 0 Å². The third-order valence-electron chi connectivity index (χ3n) is 4.06. The number of likely N-dealkylation sites (tertiary alicyclic amines) is 1. The third kappa shape index (κ3) is 4.60. The molecular formula is C16H25NO2. The Morgan fingerprint density at radius 2 is 1.95 bits per heavy atom. The number of aliphatic hydroxyl groups is 2. The van der Waals surface area contributed by atoms with Gasteiger partial charge < -0.3 is 15.1 Å². The van der Waals surface area contributed by atoms with E-state index in [1.807, 2.05) is 37.3 Å². The number of hydrogen-bond donors (Lipinski definition) is 2. The lowest BCUT2D eigenvalue weighted by atomic mass is 9.98.